The van der Waals surface area contributed by atoms with E-state index in [1.54, 1.807) is 37.1 Å². The molecule has 1 atom stereocenters. The molecule has 10 heteroatoms. The average molecular weight is 654 g/mol. The van der Waals surface area contributed by atoms with E-state index in [9.17, 15) is 18.0 Å². The normalized spacial score (nSPS) is 14.4. The zero-order valence-electron chi connectivity index (χ0n) is 26.4. The molecule has 242 valence electrons. The third-order valence-corrected chi connectivity index (χ3v) is 9.96. The molecule has 0 radical (unpaired) electrons. The molecule has 2 amide bonds. The third kappa shape index (κ3) is 9.71. The van der Waals surface area contributed by atoms with Crippen LogP contribution in [0.3, 0.4) is 0 Å². The highest BCUT2D eigenvalue weighted by Gasteiger charge is 2.32. The maximum Gasteiger partial charge on any atom is 0.243 e. The van der Waals surface area contributed by atoms with Gasteiger partial charge in [0.25, 0.3) is 0 Å². The maximum atomic E-state index is 14.1. The van der Waals surface area contributed by atoms with Crippen LogP contribution in [0.2, 0.25) is 5.02 Å². The monoisotopic (exact) mass is 653 g/mol. The van der Waals surface area contributed by atoms with Crippen LogP contribution < -0.4 is 14.4 Å². The summed E-state index contributed by atoms with van der Waals surface area (Å²) < 4.78 is 32.4. The molecule has 45 heavy (non-hydrogen) atoms. The highest BCUT2D eigenvalue weighted by molar-refractivity contribution is 7.92. The second-order valence-corrected chi connectivity index (χ2v) is 14.1. The van der Waals surface area contributed by atoms with Crippen molar-refractivity contribution >= 4 is 39.1 Å². The lowest BCUT2D eigenvalue weighted by Crippen LogP contribution is -2.52. The Labute approximate surface area is 272 Å². The molecule has 8 nitrogen and oxygen atoms in total. The van der Waals surface area contributed by atoms with Crippen LogP contribution in [0, 0.1) is 6.92 Å². The standard InChI is InChI=1S/C35H44ClN3O5S/c1-26-31(36)19-11-20-32(26)39(45(3,42)43)22-12-21-34(40)38(25-28-15-10-18-30(23-28)44-2)33(24-27-13-6-4-7-14-27)35(41)37-29-16-8-5-9-17-29/h4,6-7,10-11,13-15,18-20,23,29,33H,5,8-9,12,16-17,21-22,24-25H2,1-3H3,(H,37,41). The summed E-state index contributed by atoms with van der Waals surface area (Å²) in [6.45, 7) is 2.07. The molecule has 3 aromatic rings. The molecule has 1 aliphatic carbocycles. The van der Waals surface area contributed by atoms with Gasteiger partial charge >= 0.3 is 0 Å². The second-order valence-electron chi connectivity index (χ2n) is 11.7. The molecule has 1 N–H and O–H groups in total. The van der Waals surface area contributed by atoms with Gasteiger partial charge in [-0.1, -0.05) is 79.4 Å². The van der Waals surface area contributed by atoms with Crippen molar-refractivity contribution in [1.29, 1.82) is 0 Å². The van der Waals surface area contributed by atoms with Gasteiger partial charge in [-0.15, -0.1) is 0 Å². The third-order valence-electron chi connectivity index (χ3n) is 8.37. The largest absolute Gasteiger partial charge is 0.497 e. The Balaban J connectivity index is 1.62. The van der Waals surface area contributed by atoms with Gasteiger partial charge in [0.05, 0.1) is 19.1 Å². The number of amides is 2. The number of sulfonamides is 1. The summed E-state index contributed by atoms with van der Waals surface area (Å²) in [6.07, 6.45) is 6.98. The molecular weight excluding hydrogens is 610 g/mol. The molecule has 1 aliphatic rings. The number of ether oxygens (including phenoxy) is 1. The van der Waals surface area contributed by atoms with Crippen molar-refractivity contribution < 1.29 is 22.7 Å². The summed E-state index contributed by atoms with van der Waals surface area (Å²) in [5.41, 5.74) is 2.92. The van der Waals surface area contributed by atoms with E-state index in [0.29, 0.717) is 28.4 Å². The van der Waals surface area contributed by atoms with Crippen molar-refractivity contribution in [3.8, 4) is 5.75 Å². The van der Waals surface area contributed by atoms with Gasteiger partial charge < -0.3 is 15.0 Å². The predicted octanol–water partition coefficient (Wildman–Crippen LogP) is 6.29. The number of halogens is 1. The summed E-state index contributed by atoms with van der Waals surface area (Å²) in [5, 5.41) is 3.72. The molecule has 3 aromatic carbocycles. The van der Waals surface area contributed by atoms with Crippen molar-refractivity contribution in [2.24, 2.45) is 0 Å². The van der Waals surface area contributed by atoms with Gasteiger partial charge in [-0.3, -0.25) is 13.9 Å². The molecule has 0 aliphatic heterocycles. The lowest BCUT2D eigenvalue weighted by Gasteiger charge is -2.34. The zero-order chi connectivity index (χ0) is 32.4. The van der Waals surface area contributed by atoms with E-state index in [2.05, 4.69) is 5.32 Å². The maximum absolute atomic E-state index is 14.1. The van der Waals surface area contributed by atoms with E-state index >= 15 is 0 Å². The number of hydrogen-bond donors (Lipinski definition) is 1. The first-order valence-corrected chi connectivity index (χ1v) is 17.8. The van der Waals surface area contributed by atoms with Crippen LogP contribution in [0.4, 0.5) is 5.69 Å². The van der Waals surface area contributed by atoms with E-state index < -0.39 is 16.1 Å². The quantitative estimate of drug-likeness (QED) is 0.221. The lowest BCUT2D eigenvalue weighted by molar-refractivity contribution is -0.141. The summed E-state index contributed by atoms with van der Waals surface area (Å²) in [6, 6.07) is 21.7. The highest BCUT2D eigenvalue weighted by atomic mass is 35.5. The van der Waals surface area contributed by atoms with Crippen molar-refractivity contribution in [1.82, 2.24) is 10.2 Å². The van der Waals surface area contributed by atoms with Gasteiger partial charge in [-0.05, 0) is 67.1 Å². The van der Waals surface area contributed by atoms with Crippen molar-refractivity contribution in [2.75, 3.05) is 24.2 Å². The van der Waals surface area contributed by atoms with E-state index in [1.807, 2.05) is 54.6 Å². The summed E-state index contributed by atoms with van der Waals surface area (Å²) in [7, 11) is -2.06. The molecule has 0 bridgehead atoms. The smallest absolute Gasteiger partial charge is 0.243 e. The first-order valence-electron chi connectivity index (χ1n) is 15.6. The number of rotatable bonds is 14. The summed E-state index contributed by atoms with van der Waals surface area (Å²) in [5.74, 6) is 0.259. The van der Waals surface area contributed by atoms with E-state index in [4.69, 9.17) is 16.3 Å². The van der Waals surface area contributed by atoms with Gasteiger partial charge in [0, 0.05) is 37.0 Å². The van der Waals surface area contributed by atoms with Crippen LogP contribution in [-0.4, -0.2) is 57.1 Å². The first kappa shape index (κ1) is 34.3. The van der Waals surface area contributed by atoms with Crippen molar-refractivity contribution in [3.05, 3.63) is 94.5 Å². The van der Waals surface area contributed by atoms with Gasteiger partial charge in [0.2, 0.25) is 21.8 Å². The molecule has 0 heterocycles. The molecule has 0 spiro atoms. The molecule has 0 aromatic heterocycles. The van der Waals surface area contributed by atoms with Crippen LogP contribution in [0.25, 0.3) is 0 Å². The number of carbonyl (C=O) groups excluding carboxylic acids is 2. The van der Waals surface area contributed by atoms with Crippen LogP contribution in [0.1, 0.15) is 61.6 Å². The number of hydrogen-bond acceptors (Lipinski definition) is 5. The molecule has 1 unspecified atom stereocenters. The minimum atomic E-state index is -3.65. The first-order chi connectivity index (χ1) is 21.6. The Kier molecular flexibility index (Phi) is 12.3. The van der Waals surface area contributed by atoms with E-state index in [1.165, 1.54) is 10.7 Å². The fourth-order valence-corrected chi connectivity index (χ4v) is 7.10. The lowest BCUT2D eigenvalue weighted by atomic mass is 9.94. The van der Waals surface area contributed by atoms with Crippen molar-refractivity contribution in [3.63, 3.8) is 0 Å². The van der Waals surface area contributed by atoms with Crippen LogP contribution in [0.15, 0.2) is 72.8 Å². The SMILES string of the molecule is COc1cccc(CN(C(=O)CCCN(c2cccc(Cl)c2C)S(C)(=O)=O)C(Cc2ccccc2)C(=O)NC2CCCCC2)c1. The number of benzene rings is 3. The highest BCUT2D eigenvalue weighted by Crippen LogP contribution is 2.29. The Hall–Kier alpha value is -3.56. The summed E-state index contributed by atoms with van der Waals surface area (Å²) in [4.78, 5) is 29.8. The number of nitrogens with one attached hydrogen (secondary N) is 1. The Bertz CT molecular complexity index is 1540. The van der Waals surface area contributed by atoms with Gasteiger partial charge in [0.1, 0.15) is 11.8 Å². The Morgan fingerprint density at radius 1 is 0.978 bits per heavy atom. The Morgan fingerprint density at radius 2 is 1.67 bits per heavy atom. The van der Waals surface area contributed by atoms with E-state index in [0.717, 1.165) is 43.1 Å². The fourth-order valence-electron chi connectivity index (χ4n) is 5.91. The minimum absolute atomic E-state index is 0.0532. The fraction of sp³-hybridized carbons (Fsp3) is 0.429. The molecule has 1 fully saturated rings. The zero-order valence-corrected chi connectivity index (χ0v) is 27.9. The minimum Gasteiger partial charge on any atom is -0.497 e. The molecular formula is C35H44ClN3O5S. The average Bonchev–Trinajstić information content (AvgIpc) is 3.03. The predicted molar refractivity (Wildman–Crippen MR) is 180 cm³/mol. The number of methoxy groups -OCH3 is 1. The van der Waals surface area contributed by atoms with Crippen LogP contribution >= 0.6 is 11.6 Å². The second kappa shape index (κ2) is 16.1. The van der Waals surface area contributed by atoms with Gasteiger partial charge in [-0.2, -0.15) is 0 Å². The Morgan fingerprint density at radius 3 is 2.36 bits per heavy atom. The van der Waals surface area contributed by atoms with Crippen LogP contribution in [-0.2, 0) is 32.6 Å². The molecule has 0 saturated heterocycles. The van der Waals surface area contributed by atoms with Gasteiger partial charge in [-0.25, -0.2) is 8.42 Å². The molecule has 1 saturated carbocycles. The molecule has 4 rings (SSSR count). The van der Waals surface area contributed by atoms with E-state index in [-0.39, 0.29) is 43.8 Å². The van der Waals surface area contributed by atoms with Crippen molar-refractivity contribution in [2.45, 2.75) is 76.9 Å². The summed E-state index contributed by atoms with van der Waals surface area (Å²) >= 11 is 6.30. The van der Waals surface area contributed by atoms with Crippen LogP contribution in [0.5, 0.6) is 5.75 Å². The number of anilines is 1. The topological polar surface area (TPSA) is 96.0 Å². The number of carbonyl (C=O) groups is 2. The van der Waals surface area contributed by atoms with Gasteiger partial charge in [0.15, 0.2) is 0 Å². The number of nitrogens with zero attached hydrogens (tertiary/aromatic N) is 2.